The van der Waals surface area contributed by atoms with E-state index in [-0.39, 0.29) is 24.7 Å². The molecule has 0 aliphatic rings. The highest BCUT2D eigenvalue weighted by Gasteiger charge is 2.21. The third kappa shape index (κ3) is 6.71. The summed E-state index contributed by atoms with van der Waals surface area (Å²) < 4.78 is 11.1. The summed E-state index contributed by atoms with van der Waals surface area (Å²) in [6, 6.07) is 14.4. The Hall–Kier alpha value is -2.67. The number of carbonyl (C=O) groups is 3. The predicted molar refractivity (Wildman–Crippen MR) is 113 cm³/mol. The number of Topliss-reactive ketones (excluding diaryl/α,β-unsaturated/α-hetero) is 1. The first kappa shape index (κ1) is 22.6. The van der Waals surface area contributed by atoms with Gasteiger partial charge in [-0.25, -0.2) is 0 Å². The van der Waals surface area contributed by atoms with Crippen molar-refractivity contribution in [2.45, 2.75) is 38.8 Å². The van der Waals surface area contributed by atoms with E-state index in [1.165, 1.54) is 14.0 Å². The third-order valence-electron chi connectivity index (χ3n) is 4.35. The van der Waals surface area contributed by atoms with Crippen molar-refractivity contribution < 1.29 is 23.9 Å². The molecule has 0 bridgehead atoms. The van der Waals surface area contributed by atoms with Crippen molar-refractivity contribution in [1.82, 2.24) is 5.32 Å². The van der Waals surface area contributed by atoms with Crippen molar-refractivity contribution in [2.24, 2.45) is 0 Å². The van der Waals surface area contributed by atoms with Crippen LogP contribution in [-0.4, -0.2) is 30.9 Å². The van der Waals surface area contributed by atoms with Crippen molar-refractivity contribution in [2.75, 3.05) is 7.11 Å². The topological polar surface area (TPSA) is 81.7 Å². The molecular weight excluding hydrogens is 438 g/mol. The van der Waals surface area contributed by atoms with Gasteiger partial charge in [0, 0.05) is 10.9 Å². The molecule has 0 aliphatic heterocycles. The molecule has 1 N–H and O–H groups in total. The second kappa shape index (κ2) is 10.8. The number of ether oxygens (including phenoxy) is 2. The molecule has 2 atom stereocenters. The molecule has 2 rings (SSSR count). The van der Waals surface area contributed by atoms with Gasteiger partial charge >= 0.3 is 5.97 Å². The molecule has 154 valence electrons. The molecule has 0 aliphatic carbocycles. The molecule has 2 aromatic carbocycles. The quantitative estimate of drug-likeness (QED) is 0.446. The van der Waals surface area contributed by atoms with Gasteiger partial charge in [0.15, 0.2) is 11.9 Å². The lowest BCUT2D eigenvalue weighted by Gasteiger charge is -2.18. The van der Waals surface area contributed by atoms with Crippen LogP contribution in [0.1, 0.15) is 48.7 Å². The number of hydrogen-bond acceptors (Lipinski definition) is 5. The number of carbonyl (C=O) groups excluding carboxylic acids is 3. The van der Waals surface area contributed by atoms with Crippen LogP contribution in [0.4, 0.5) is 0 Å². The van der Waals surface area contributed by atoms with E-state index in [4.69, 9.17) is 9.47 Å². The first-order valence-electron chi connectivity index (χ1n) is 9.23. The van der Waals surface area contributed by atoms with Crippen LogP contribution >= 0.6 is 15.9 Å². The average Bonchev–Trinajstić information content (AvgIpc) is 2.72. The molecule has 6 nitrogen and oxygen atoms in total. The second-order valence-electron chi connectivity index (χ2n) is 6.54. The summed E-state index contributed by atoms with van der Waals surface area (Å²) in [6.07, 6.45) is -1.12. The Morgan fingerprint density at radius 1 is 1.03 bits per heavy atom. The molecule has 0 radical (unpaired) electrons. The Bertz CT molecular complexity index is 869. The van der Waals surface area contributed by atoms with Gasteiger partial charge in [0.05, 0.1) is 25.1 Å². The zero-order chi connectivity index (χ0) is 21.4. The summed E-state index contributed by atoms with van der Waals surface area (Å²) in [6.45, 7) is 3.36. The standard InChI is InChI=1S/C22H24BrNO5/c1-14(16-7-5-4-6-8-16)24-22(27)15(2)29-21(26)12-10-19(25)18-13-17(23)9-11-20(18)28-3/h4-9,11,13-15H,10,12H2,1-3H3,(H,24,27)/t14-,15+/m0/s1. The van der Waals surface area contributed by atoms with E-state index in [0.717, 1.165) is 10.0 Å². The molecule has 1 amide bonds. The molecule has 29 heavy (non-hydrogen) atoms. The van der Waals surface area contributed by atoms with E-state index < -0.39 is 18.0 Å². The molecule has 7 heteroatoms. The molecule has 0 saturated heterocycles. The van der Waals surface area contributed by atoms with Gasteiger partial charge in [-0.05, 0) is 37.6 Å². The summed E-state index contributed by atoms with van der Waals surface area (Å²) in [4.78, 5) is 36.8. The fourth-order valence-corrected chi connectivity index (χ4v) is 3.07. The lowest BCUT2D eigenvalue weighted by Crippen LogP contribution is -2.37. The predicted octanol–water partition coefficient (Wildman–Crippen LogP) is 4.23. The van der Waals surface area contributed by atoms with Crippen molar-refractivity contribution in [3.8, 4) is 5.75 Å². The smallest absolute Gasteiger partial charge is 0.307 e. The van der Waals surface area contributed by atoms with E-state index >= 15 is 0 Å². The number of halogens is 1. The second-order valence-corrected chi connectivity index (χ2v) is 7.46. The van der Waals surface area contributed by atoms with E-state index in [9.17, 15) is 14.4 Å². The monoisotopic (exact) mass is 461 g/mol. The van der Waals surface area contributed by atoms with Crippen LogP contribution in [0.3, 0.4) is 0 Å². The Balaban J connectivity index is 1.84. The molecule has 0 heterocycles. The maximum Gasteiger partial charge on any atom is 0.307 e. The summed E-state index contributed by atoms with van der Waals surface area (Å²) in [5, 5.41) is 2.81. The van der Waals surface area contributed by atoms with Gasteiger partial charge in [0.25, 0.3) is 5.91 Å². The molecule has 0 aromatic heterocycles. The minimum Gasteiger partial charge on any atom is -0.496 e. The first-order chi connectivity index (χ1) is 13.8. The minimum absolute atomic E-state index is 0.0413. The normalized spacial score (nSPS) is 12.6. The molecular formula is C22H24BrNO5. The van der Waals surface area contributed by atoms with Crippen LogP contribution in [0, 0.1) is 0 Å². The maximum atomic E-state index is 12.4. The van der Waals surface area contributed by atoms with E-state index in [0.29, 0.717) is 11.3 Å². The van der Waals surface area contributed by atoms with Crippen molar-refractivity contribution >= 4 is 33.6 Å². The van der Waals surface area contributed by atoms with Gasteiger partial charge in [-0.3, -0.25) is 14.4 Å². The number of esters is 1. The third-order valence-corrected chi connectivity index (χ3v) is 4.85. The fraction of sp³-hybridized carbons (Fsp3) is 0.318. The van der Waals surface area contributed by atoms with Gasteiger partial charge in [-0.2, -0.15) is 0 Å². The highest BCUT2D eigenvalue weighted by atomic mass is 79.9. The number of methoxy groups -OCH3 is 1. The highest BCUT2D eigenvalue weighted by Crippen LogP contribution is 2.24. The highest BCUT2D eigenvalue weighted by molar-refractivity contribution is 9.10. The van der Waals surface area contributed by atoms with Crippen LogP contribution in [0.5, 0.6) is 5.75 Å². The van der Waals surface area contributed by atoms with Gasteiger partial charge in [0.2, 0.25) is 0 Å². The Labute approximate surface area is 178 Å². The Morgan fingerprint density at radius 3 is 2.38 bits per heavy atom. The number of rotatable bonds is 9. The summed E-state index contributed by atoms with van der Waals surface area (Å²) in [5.74, 6) is -0.805. The SMILES string of the molecule is COc1ccc(Br)cc1C(=O)CCC(=O)O[C@H](C)C(=O)N[C@@H](C)c1ccccc1. The number of hydrogen-bond donors (Lipinski definition) is 1. The van der Waals surface area contributed by atoms with Crippen LogP contribution in [0.2, 0.25) is 0 Å². The largest absolute Gasteiger partial charge is 0.496 e. The molecule has 0 fully saturated rings. The molecule has 0 saturated carbocycles. The van der Waals surface area contributed by atoms with Gasteiger partial charge in [-0.15, -0.1) is 0 Å². The average molecular weight is 462 g/mol. The van der Waals surface area contributed by atoms with Gasteiger partial charge in [0.1, 0.15) is 5.75 Å². The van der Waals surface area contributed by atoms with E-state index in [1.54, 1.807) is 18.2 Å². The van der Waals surface area contributed by atoms with Crippen molar-refractivity contribution in [3.05, 3.63) is 64.1 Å². The van der Waals surface area contributed by atoms with Gasteiger partial charge < -0.3 is 14.8 Å². The number of nitrogens with one attached hydrogen (secondary N) is 1. The maximum absolute atomic E-state index is 12.4. The van der Waals surface area contributed by atoms with Crippen molar-refractivity contribution in [3.63, 3.8) is 0 Å². The molecule has 0 spiro atoms. The minimum atomic E-state index is -0.954. The summed E-state index contributed by atoms with van der Waals surface area (Å²) in [5.41, 5.74) is 1.34. The zero-order valence-electron chi connectivity index (χ0n) is 16.6. The number of ketones is 1. The van der Waals surface area contributed by atoms with Gasteiger partial charge in [-0.1, -0.05) is 46.3 Å². The van der Waals surface area contributed by atoms with E-state index in [2.05, 4.69) is 21.2 Å². The number of benzene rings is 2. The number of amides is 1. The summed E-state index contributed by atoms with van der Waals surface area (Å²) in [7, 11) is 1.48. The Morgan fingerprint density at radius 2 is 1.72 bits per heavy atom. The van der Waals surface area contributed by atoms with Crippen molar-refractivity contribution in [1.29, 1.82) is 0 Å². The fourth-order valence-electron chi connectivity index (χ4n) is 2.71. The lowest BCUT2D eigenvalue weighted by atomic mass is 10.1. The van der Waals surface area contributed by atoms with Crippen LogP contribution in [0.25, 0.3) is 0 Å². The van der Waals surface area contributed by atoms with Crippen LogP contribution < -0.4 is 10.1 Å². The zero-order valence-corrected chi connectivity index (χ0v) is 18.2. The van der Waals surface area contributed by atoms with Crippen LogP contribution in [-0.2, 0) is 14.3 Å². The lowest BCUT2D eigenvalue weighted by molar-refractivity contribution is -0.155. The first-order valence-corrected chi connectivity index (χ1v) is 10.0. The molecule has 2 aromatic rings. The Kier molecular flexibility index (Phi) is 8.39. The van der Waals surface area contributed by atoms with Crippen LogP contribution in [0.15, 0.2) is 53.0 Å². The van der Waals surface area contributed by atoms with E-state index in [1.807, 2.05) is 37.3 Å². The summed E-state index contributed by atoms with van der Waals surface area (Å²) >= 11 is 3.31. The molecule has 0 unspecified atom stereocenters.